The zero-order chi connectivity index (χ0) is 15.0. The van der Waals surface area contributed by atoms with Crippen LogP contribution in [0.2, 0.25) is 0 Å². The van der Waals surface area contributed by atoms with Crippen LogP contribution in [0.5, 0.6) is 0 Å². The minimum absolute atomic E-state index is 0.0559. The Bertz CT molecular complexity index is 641. The Morgan fingerprint density at radius 3 is 2.86 bits per heavy atom. The van der Waals surface area contributed by atoms with E-state index in [2.05, 4.69) is 35.7 Å². The second-order valence-corrected chi connectivity index (χ2v) is 7.85. The molecule has 0 amide bonds. The predicted octanol–water partition coefficient (Wildman–Crippen LogP) is 2.15. The highest BCUT2D eigenvalue weighted by atomic mass is 32.2. The standard InChI is InChI=1S/C16H22N2O2S/c1-3-21(19,20)17(2)14-9-11-18-10-8-13-6-4-5-7-15(13)16(18)12-14/h3-7,14,16H,1,8-12H2,2H3/t14-,16+/m1/s1. The molecule has 2 atom stereocenters. The molecule has 0 bridgehead atoms. The van der Waals surface area contributed by atoms with Gasteiger partial charge in [0, 0.05) is 37.6 Å². The van der Waals surface area contributed by atoms with Crippen molar-refractivity contribution in [2.75, 3.05) is 20.1 Å². The zero-order valence-corrected chi connectivity index (χ0v) is 13.2. The Hall–Kier alpha value is -1.17. The van der Waals surface area contributed by atoms with E-state index >= 15 is 0 Å². The fourth-order valence-electron chi connectivity index (χ4n) is 3.59. The molecule has 4 nitrogen and oxygen atoms in total. The van der Waals surface area contributed by atoms with Crippen molar-refractivity contribution in [1.82, 2.24) is 9.21 Å². The summed E-state index contributed by atoms with van der Waals surface area (Å²) in [4.78, 5) is 2.49. The van der Waals surface area contributed by atoms with Crippen molar-refractivity contribution in [3.05, 3.63) is 47.4 Å². The first-order valence-electron chi connectivity index (χ1n) is 7.45. The van der Waals surface area contributed by atoms with Crippen LogP contribution in [0.25, 0.3) is 0 Å². The van der Waals surface area contributed by atoms with Crippen molar-refractivity contribution >= 4 is 10.0 Å². The van der Waals surface area contributed by atoms with Gasteiger partial charge in [-0.2, -0.15) is 4.31 Å². The van der Waals surface area contributed by atoms with E-state index in [1.807, 2.05) is 0 Å². The van der Waals surface area contributed by atoms with Gasteiger partial charge in [-0.3, -0.25) is 4.90 Å². The lowest BCUT2D eigenvalue weighted by atomic mass is 9.85. The van der Waals surface area contributed by atoms with Gasteiger partial charge in [-0.05, 0) is 30.4 Å². The van der Waals surface area contributed by atoms with Crippen molar-refractivity contribution in [2.45, 2.75) is 31.3 Å². The topological polar surface area (TPSA) is 40.6 Å². The Labute approximate surface area is 127 Å². The lowest BCUT2D eigenvalue weighted by Crippen LogP contribution is -2.48. The van der Waals surface area contributed by atoms with Crippen LogP contribution in [0.4, 0.5) is 0 Å². The van der Waals surface area contributed by atoms with Crippen molar-refractivity contribution in [1.29, 1.82) is 0 Å². The van der Waals surface area contributed by atoms with Crippen LogP contribution in [0, 0.1) is 0 Å². The summed E-state index contributed by atoms with van der Waals surface area (Å²) in [6, 6.07) is 8.95. The average molecular weight is 306 g/mol. The lowest BCUT2D eigenvalue weighted by Gasteiger charge is -2.45. The maximum atomic E-state index is 12.0. The summed E-state index contributed by atoms with van der Waals surface area (Å²) in [6.07, 6.45) is 2.85. The molecule has 1 aromatic carbocycles. The molecule has 2 heterocycles. The van der Waals surface area contributed by atoms with Gasteiger partial charge in [-0.25, -0.2) is 8.42 Å². The molecule has 0 saturated carbocycles. The Balaban J connectivity index is 1.85. The van der Waals surface area contributed by atoms with Crippen LogP contribution in [-0.4, -0.2) is 43.8 Å². The normalized spacial score (nSPS) is 26.2. The lowest BCUT2D eigenvalue weighted by molar-refractivity contribution is 0.0973. The highest BCUT2D eigenvalue weighted by molar-refractivity contribution is 7.92. The molecule has 0 radical (unpaired) electrons. The van der Waals surface area contributed by atoms with Crippen LogP contribution >= 0.6 is 0 Å². The molecule has 5 heteroatoms. The van der Waals surface area contributed by atoms with E-state index in [9.17, 15) is 8.42 Å². The maximum Gasteiger partial charge on any atom is 0.235 e. The summed E-state index contributed by atoms with van der Waals surface area (Å²) < 4.78 is 25.5. The molecular weight excluding hydrogens is 284 g/mol. The molecule has 1 fully saturated rings. The van der Waals surface area contributed by atoms with Gasteiger partial charge in [-0.1, -0.05) is 30.8 Å². The summed E-state index contributed by atoms with van der Waals surface area (Å²) in [5, 5.41) is 1.05. The molecular formula is C16H22N2O2S. The SMILES string of the molecule is C=CS(=O)(=O)N(C)[C@@H]1CCN2CCc3ccccc3[C@@H]2C1. The zero-order valence-electron chi connectivity index (χ0n) is 12.4. The van der Waals surface area contributed by atoms with Gasteiger partial charge in [0.1, 0.15) is 0 Å². The first kappa shape index (κ1) is 14.8. The molecule has 2 aliphatic rings. The van der Waals surface area contributed by atoms with Crippen LogP contribution in [-0.2, 0) is 16.4 Å². The second-order valence-electron chi connectivity index (χ2n) is 5.91. The number of hydrogen-bond donors (Lipinski definition) is 0. The molecule has 21 heavy (non-hydrogen) atoms. The molecule has 114 valence electrons. The highest BCUT2D eigenvalue weighted by Crippen LogP contribution is 2.38. The van der Waals surface area contributed by atoms with Gasteiger partial charge in [0.05, 0.1) is 0 Å². The smallest absolute Gasteiger partial charge is 0.235 e. The third-order valence-corrected chi connectivity index (χ3v) is 6.42. The predicted molar refractivity (Wildman–Crippen MR) is 84.4 cm³/mol. The van der Waals surface area contributed by atoms with E-state index in [0.717, 1.165) is 37.8 Å². The van der Waals surface area contributed by atoms with Crippen LogP contribution in [0.1, 0.15) is 30.0 Å². The maximum absolute atomic E-state index is 12.0. The van der Waals surface area contributed by atoms with E-state index in [1.165, 1.54) is 15.4 Å². The van der Waals surface area contributed by atoms with E-state index in [1.54, 1.807) is 7.05 Å². The van der Waals surface area contributed by atoms with Gasteiger partial charge in [-0.15, -0.1) is 0 Å². The number of benzene rings is 1. The largest absolute Gasteiger partial charge is 0.296 e. The van der Waals surface area contributed by atoms with Crippen molar-refractivity contribution in [3.8, 4) is 0 Å². The van der Waals surface area contributed by atoms with E-state index in [-0.39, 0.29) is 6.04 Å². The molecule has 3 rings (SSSR count). The van der Waals surface area contributed by atoms with E-state index < -0.39 is 10.0 Å². The first-order chi connectivity index (χ1) is 10.0. The Morgan fingerprint density at radius 2 is 2.10 bits per heavy atom. The van der Waals surface area contributed by atoms with Gasteiger partial charge in [0.25, 0.3) is 0 Å². The van der Waals surface area contributed by atoms with Crippen molar-refractivity contribution in [2.24, 2.45) is 0 Å². The molecule has 0 aromatic heterocycles. The van der Waals surface area contributed by atoms with E-state index in [4.69, 9.17) is 0 Å². The summed E-state index contributed by atoms with van der Waals surface area (Å²) in [7, 11) is -1.66. The molecule has 0 spiro atoms. The summed E-state index contributed by atoms with van der Waals surface area (Å²) in [5.41, 5.74) is 2.78. The summed E-state index contributed by atoms with van der Waals surface area (Å²) in [5.74, 6) is 0. The van der Waals surface area contributed by atoms with Crippen LogP contribution < -0.4 is 0 Å². The number of nitrogens with zero attached hydrogens (tertiary/aromatic N) is 2. The molecule has 1 aromatic rings. The van der Waals surface area contributed by atoms with E-state index in [0.29, 0.717) is 6.04 Å². The summed E-state index contributed by atoms with van der Waals surface area (Å²) >= 11 is 0. The number of rotatable bonds is 3. The fraction of sp³-hybridized carbons (Fsp3) is 0.500. The molecule has 0 N–H and O–H groups in total. The third-order valence-electron chi connectivity index (χ3n) is 4.89. The average Bonchev–Trinajstić information content (AvgIpc) is 2.53. The fourth-order valence-corrected chi connectivity index (χ4v) is 4.44. The van der Waals surface area contributed by atoms with Gasteiger partial charge < -0.3 is 0 Å². The van der Waals surface area contributed by atoms with Gasteiger partial charge in [0.2, 0.25) is 10.0 Å². The van der Waals surface area contributed by atoms with Gasteiger partial charge >= 0.3 is 0 Å². The van der Waals surface area contributed by atoms with Crippen molar-refractivity contribution in [3.63, 3.8) is 0 Å². The van der Waals surface area contributed by atoms with Crippen LogP contribution in [0.15, 0.2) is 36.3 Å². The molecule has 0 aliphatic carbocycles. The quantitative estimate of drug-likeness (QED) is 0.859. The summed E-state index contributed by atoms with van der Waals surface area (Å²) in [6.45, 7) is 5.46. The Kier molecular flexibility index (Phi) is 3.90. The highest BCUT2D eigenvalue weighted by Gasteiger charge is 2.36. The van der Waals surface area contributed by atoms with Crippen LogP contribution in [0.3, 0.4) is 0 Å². The van der Waals surface area contributed by atoms with Gasteiger partial charge in [0.15, 0.2) is 0 Å². The number of hydrogen-bond acceptors (Lipinski definition) is 3. The minimum atomic E-state index is -3.33. The third kappa shape index (κ3) is 2.65. The monoisotopic (exact) mass is 306 g/mol. The second kappa shape index (κ2) is 5.55. The number of piperidine rings is 1. The molecule has 2 aliphatic heterocycles. The Morgan fingerprint density at radius 1 is 1.33 bits per heavy atom. The number of fused-ring (bicyclic) bond motifs is 3. The minimum Gasteiger partial charge on any atom is -0.296 e. The van der Waals surface area contributed by atoms with Crippen molar-refractivity contribution < 1.29 is 8.42 Å². The molecule has 0 unspecified atom stereocenters. The number of sulfonamides is 1. The first-order valence-corrected chi connectivity index (χ1v) is 8.95. The molecule has 1 saturated heterocycles.